The van der Waals surface area contributed by atoms with E-state index in [-0.39, 0.29) is 11.1 Å². The van der Waals surface area contributed by atoms with Gasteiger partial charge in [0.25, 0.3) is 35.4 Å². The largest absolute Gasteiger partial charge is 0.486 e. The van der Waals surface area contributed by atoms with E-state index in [1.807, 2.05) is 30.3 Å². The molecule has 0 unspecified atom stereocenters. The van der Waals surface area contributed by atoms with Crippen molar-refractivity contribution in [1.82, 2.24) is 4.90 Å². The lowest BCUT2D eigenvalue weighted by molar-refractivity contribution is 0.0605. The van der Waals surface area contributed by atoms with Crippen molar-refractivity contribution in [3.63, 3.8) is 0 Å². The van der Waals surface area contributed by atoms with Gasteiger partial charge in [-0.3, -0.25) is 33.7 Å². The van der Waals surface area contributed by atoms with E-state index < -0.39 is 35.4 Å². The van der Waals surface area contributed by atoms with Crippen LogP contribution in [-0.4, -0.2) is 86.3 Å². The normalized spacial score (nSPS) is 16.6. The fourth-order valence-corrected chi connectivity index (χ4v) is 10.7. The van der Waals surface area contributed by atoms with Crippen LogP contribution in [0.2, 0.25) is 0 Å². The maximum absolute atomic E-state index is 14.5. The number of unbranched alkanes of at least 4 members (excludes halogenated alkanes) is 5. The van der Waals surface area contributed by atoms with Crippen molar-refractivity contribution in [2.45, 2.75) is 59.3 Å². The van der Waals surface area contributed by atoms with Crippen LogP contribution in [0.5, 0.6) is 11.5 Å². The quantitative estimate of drug-likeness (QED) is 0.0915. The number of benzene rings is 6. The second kappa shape index (κ2) is 16.4. The number of amides is 6. The highest BCUT2D eigenvalue weighted by molar-refractivity contribution is 6.40. The average molecular weight is 896 g/mol. The van der Waals surface area contributed by atoms with Crippen molar-refractivity contribution >= 4 is 79.7 Å². The number of hydrogen-bond donors (Lipinski definition) is 0. The molecule has 0 spiro atoms. The van der Waals surface area contributed by atoms with Crippen LogP contribution in [0.4, 0.5) is 22.7 Å². The van der Waals surface area contributed by atoms with Gasteiger partial charge in [0.2, 0.25) is 0 Å². The van der Waals surface area contributed by atoms with Crippen molar-refractivity contribution < 1.29 is 38.2 Å². The second-order valence-electron chi connectivity index (χ2n) is 18.1. The first-order valence-corrected chi connectivity index (χ1v) is 23.4. The van der Waals surface area contributed by atoms with Gasteiger partial charge in [-0.05, 0) is 98.1 Å². The van der Waals surface area contributed by atoms with E-state index in [0.717, 1.165) is 91.4 Å². The van der Waals surface area contributed by atoms with Crippen molar-refractivity contribution in [3.05, 3.63) is 129 Å². The number of anilines is 4. The lowest BCUT2D eigenvalue weighted by Crippen LogP contribution is -2.46. The van der Waals surface area contributed by atoms with Crippen LogP contribution in [0, 0.1) is 13.8 Å². The summed E-state index contributed by atoms with van der Waals surface area (Å²) in [5.41, 5.74) is 5.46. The summed E-state index contributed by atoms with van der Waals surface area (Å²) in [4.78, 5) is 93.8. The van der Waals surface area contributed by atoms with Gasteiger partial charge < -0.3 is 19.3 Å². The van der Waals surface area contributed by atoms with Crippen LogP contribution in [0.15, 0.2) is 84.9 Å². The maximum atomic E-state index is 14.5. The first-order valence-electron chi connectivity index (χ1n) is 23.4. The number of nitrogens with zero attached hydrogens (tertiary/aromatic N) is 5. The number of rotatable bonds is 11. The minimum absolute atomic E-state index is 0.202. The molecule has 13 heteroatoms. The average Bonchev–Trinajstić information content (AvgIpc) is 3.34. The molecule has 5 heterocycles. The summed E-state index contributed by atoms with van der Waals surface area (Å²) in [6, 6.07) is 25.0. The highest BCUT2D eigenvalue weighted by Gasteiger charge is 2.42. The summed E-state index contributed by atoms with van der Waals surface area (Å²) in [7, 11) is 0. The van der Waals surface area contributed by atoms with E-state index in [1.165, 1.54) is 9.80 Å². The van der Waals surface area contributed by atoms with E-state index in [0.29, 0.717) is 87.1 Å². The maximum Gasteiger partial charge on any atom is 0.265 e. The monoisotopic (exact) mass is 895 g/mol. The molecule has 1 saturated heterocycles. The van der Waals surface area contributed by atoms with Crippen LogP contribution < -0.4 is 29.1 Å². The standard InChI is InChI=1S/C54H49N5O8/c1-4-5-6-7-8-9-21-57-49(60)37-14-16-39-48-40(17-15-38(47(37)48)50(57)61)54(65)59(53(39)64)43-29-31(2)42(28-32(43)3)58-51(62)35-12-10-11-34-41(19-18-36(46(34)35)52(58)63)56-24-22-55(23-25-56)33-13-20-44-45(30-33)67-27-26-66-44/h10-20,28-30H,4-9,21-27H2,1-3H3. The van der Waals surface area contributed by atoms with Crippen LogP contribution in [-0.2, 0) is 0 Å². The number of ether oxygens (including phenoxy) is 2. The first-order chi connectivity index (χ1) is 32.5. The fraction of sp³-hybridized carbons (Fsp3) is 0.296. The predicted molar refractivity (Wildman–Crippen MR) is 257 cm³/mol. The van der Waals surface area contributed by atoms with Gasteiger partial charge in [-0.2, -0.15) is 0 Å². The number of carbonyl (C=O) groups is 6. The predicted octanol–water partition coefficient (Wildman–Crippen LogP) is 9.27. The Morgan fingerprint density at radius 2 is 0.955 bits per heavy atom. The van der Waals surface area contributed by atoms with Gasteiger partial charge in [0.1, 0.15) is 13.2 Å². The van der Waals surface area contributed by atoms with Gasteiger partial charge in [0, 0.05) is 105 Å². The van der Waals surface area contributed by atoms with E-state index in [9.17, 15) is 28.8 Å². The molecule has 0 saturated carbocycles. The van der Waals surface area contributed by atoms with Crippen LogP contribution in [0.3, 0.4) is 0 Å². The Morgan fingerprint density at radius 1 is 0.463 bits per heavy atom. The minimum Gasteiger partial charge on any atom is -0.486 e. The molecule has 13 nitrogen and oxygen atoms in total. The molecular weight excluding hydrogens is 847 g/mol. The molecule has 0 aromatic heterocycles. The molecule has 6 amide bonds. The Balaban J connectivity index is 0.851. The van der Waals surface area contributed by atoms with Gasteiger partial charge in [-0.1, -0.05) is 51.2 Å². The number of fused-ring (bicyclic) bond motifs is 1. The van der Waals surface area contributed by atoms with Gasteiger partial charge in [-0.15, -0.1) is 0 Å². The molecule has 5 aliphatic rings. The molecule has 0 radical (unpaired) electrons. The smallest absolute Gasteiger partial charge is 0.265 e. The van der Waals surface area contributed by atoms with E-state index >= 15 is 0 Å². The van der Waals surface area contributed by atoms with E-state index in [4.69, 9.17) is 9.47 Å². The van der Waals surface area contributed by atoms with E-state index in [2.05, 4.69) is 22.8 Å². The number of aryl methyl sites for hydroxylation is 2. The van der Waals surface area contributed by atoms with Gasteiger partial charge in [-0.25, -0.2) is 9.80 Å². The molecule has 11 rings (SSSR count). The molecule has 338 valence electrons. The van der Waals surface area contributed by atoms with Crippen molar-refractivity contribution in [3.8, 4) is 11.5 Å². The highest BCUT2D eigenvalue weighted by Crippen LogP contribution is 2.43. The van der Waals surface area contributed by atoms with Crippen molar-refractivity contribution in [2.75, 3.05) is 65.5 Å². The molecule has 0 N–H and O–H groups in total. The van der Waals surface area contributed by atoms with Crippen molar-refractivity contribution in [2.24, 2.45) is 0 Å². The summed E-state index contributed by atoms with van der Waals surface area (Å²) in [5, 5.41) is 2.07. The third-order valence-corrected chi connectivity index (χ3v) is 14.1. The summed E-state index contributed by atoms with van der Waals surface area (Å²) >= 11 is 0. The zero-order chi connectivity index (χ0) is 46.2. The van der Waals surface area contributed by atoms with Crippen molar-refractivity contribution in [1.29, 1.82) is 0 Å². The topological polar surface area (TPSA) is 137 Å². The molecule has 67 heavy (non-hydrogen) atoms. The summed E-state index contributed by atoms with van der Waals surface area (Å²) < 4.78 is 11.5. The zero-order valence-corrected chi connectivity index (χ0v) is 37.8. The SMILES string of the molecule is CCCCCCCCN1C(=O)c2ccc3c4c(ccc(c24)C1=O)C(=O)N(c1cc(C)c(N2C(=O)c4cccc5c(N6CCN(c7ccc8c(c7)OCCO8)CC6)ccc(c45)C2=O)cc1C)C3=O. The first kappa shape index (κ1) is 42.1. The Hall–Kier alpha value is -7.54. The molecule has 5 aliphatic heterocycles. The Labute approximate surface area is 387 Å². The number of hydrogen-bond acceptors (Lipinski definition) is 10. The Kier molecular flexibility index (Phi) is 10.3. The number of carbonyl (C=O) groups excluding carboxylic acids is 6. The highest BCUT2D eigenvalue weighted by atomic mass is 16.6. The third-order valence-electron chi connectivity index (χ3n) is 14.1. The second-order valence-corrected chi connectivity index (χ2v) is 18.1. The van der Waals surface area contributed by atoms with E-state index in [1.54, 1.807) is 62.4 Å². The number of imide groups is 3. The lowest BCUT2D eigenvalue weighted by Gasteiger charge is -2.38. The Bertz CT molecular complexity index is 3080. The van der Waals surface area contributed by atoms with Gasteiger partial charge >= 0.3 is 0 Å². The number of piperazine rings is 1. The molecule has 0 bridgehead atoms. The van der Waals surface area contributed by atoms with Crippen LogP contribution >= 0.6 is 0 Å². The summed E-state index contributed by atoms with van der Waals surface area (Å²) in [6.07, 6.45) is 6.06. The minimum atomic E-state index is -0.600. The fourth-order valence-electron chi connectivity index (χ4n) is 10.7. The van der Waals surface area contributed by atoms with Crippen LogP contribution in [0.1, 0.15) is 119 Å². The van der Waals surface area contributed by atoms with Crippen LogP contribution in [0.25, 0.3) is 21.5 Å². The van der Waals surface area contributed by atoms with Gasteiger partial charge in [0.15, 0.2) is 11.5 Å². The Morgan fingerprint density at radius 3 is 1.55 bits per heavy atom. The molecule has 0 aliphatic carbocycles. The molecular formula is C54H49N5O8. The molecule has 6 aromatic rings. The molecule has 1 fully saturated rings. The summed E-state index contributed by atoms with van der Waals surface area (Å²) in [5.74, 6) is -1.47. The molecule has 6 aromatic carbocycles. The van der Waals surface area contributed by atoms with Gasteiger partial charge in [0.05, 0.1) is 11.4 Å². The molecule has 0 atom stereocenters. The zero-order valence-electron chi connectivity index (χ0n) is 37.8. The lowest BCUT2D eigenvalue weighted by atomic mass is 9.85. The summed E-state index contributed by atoms with van der Waals surface area (Å²) in [6.45, 7) is 10.00. The third kappa shape index (κ3) is 6.65.